The van der Waals surface area contributed by atoms with Crippen LogP contribution in [0.2, 0.25) is 0 Å². The molecule has 0 spiro atoms. The van der Waals surface area contributed by atoms with Crippen LogP contribution in [0.1, 0.15) is 29.9 Å². The molecule has 21 heavy (non-hydrogen) atoms. The average Bonchev–Trinajstić information content (AvgIpc) is 2.81. The molecule has 3 rings (SSSR count). The number of hydrogen-bond donors (Lipinski definition) is 1. The first-order valence-electron chi connectivity index (χ1n) is 7.31. The van der Waals surface area contributed by atoms with E-state index in [4.69, 9.17) is 10.5 Å². The molecule has 0 aliphatic heterocycles. The number of rotatable bonds is 6. The topological polar surface area (TPSA) is 52.3 Å². The number of nitrogens with two attached hydrogens (primary N) is 1. The van der Waals surface area contributed by atoms with Gasteiger partial charge in [0.2, 0.25) is 5.91 Å². The Kier molecular flexibility index (Phi) is 4.02. The van der Waals surface area contributed by atoms with Crippen molar-refractivity contribution in [3.63, 3.8) is 0 Å². The van der Waals surface area contributed by atoms with Crippen molar-refractivity contribution in [1.82, 2.24) is 0 Å². The molecule has 0 fully saturated rings. The molecular weight excluding hydrogens is 262 g/mol. The molecule has 2 aromatic carbocycles. The van der Waals surface area contributed by atoms with Gasteiger partial charge in [-0.2, -0.15) is 0 Å². The lowest BCUT2D eigenvalue weighted by molar-refractivity contribution is -0.118. The molecule has 2 N–H and O–H groups in total. The third-order valence-electron chi connectivity index (χ3n) is 3.96. The van der Waals surface area contributed by atoms with Gasteiger partial charge in [-0.15, -0.1) is 0 Å². The van der Waals surface area contributed by atoms with Gasteiger partial charge < -0.3 is 10.5 Å². The summed E-state index contributed by atoms with van der Waals surface area (Å²) in [5.74, 6) is 0.0149. The molecular formula is C18H19NO2. The summed E-state index contributed by atoms with van der Waals surface area (Å²) in [5, 5.41) is 0. The molecule has 0 saturated heterocycles. The molecule has 108 valence electrons. The van der Waals surface area contributed by atoms with Crippen molar-refractivity contribution < 1.29 is 9.53 Å². The summed E-state index contributed by atoms with van der Waals surface area (Å²) in [6.07, 6.45) is 1.07. The summed E-state index contributed by atoms with van der Waals surface area (Å²) in [5.41, 5.74) is 10.4. The van der Waals surface area contributed by atoms with Crippen LogP contribution in [0.3, 0.4) is 0 Å². The Bertz CT molecular complexity index is 606. The van der Waals surface area contributed by atoms with Crippen LogP contribution in [0.4, 0.5) is 0 Å². The third-order valence-corrected chi connectivity index (χ3v) is 3.96. The Hall–Kier alpha value is -2.13. The van der Waals surface area contributed by atoms with E-state index in [2.05, 4.69) is 48.5 Å². The van der Waals surface area contributed by atoms with E-state index >= 15 is 0 Å². The lowest BCUT2D eigenvalue weighted by Crippen LogP contribution is -2.12. The van der Waals surface area contributed by atoms with Crippen molar-refractivity contribution in [3.8, 4) is 11.1 Å². The molecule has 2 aromatic rings. The minimum Gasteiger partial charge on any atom is -0.380 e. The predicted molar refractivity (Wildman–Crippen MR) is 83.0 cm³/mol. The Morgan fingerprint density at radius 2 is 1.57 bits per heavy atom. The molecule has 0 unspecified atom stereocenters. The van der Waals surface area contributed by atoms with Gasteiger partial charge in [0.15, 0.2) is 0 Å². The molecule has 0 atom stereocenters. The monoisotopic (exact) mass is 281 g/mol. The predicted octanol–water partition coefficient (Wildman–Crippen LogP) is 3.08. The van der Waals surface area contributed by atoms with E-state index in [1.54, 1.807) is 0 Å². The Balaban J connectivity index is 1.72. The van der Waals surface area contributed by atoms with Crippen LogP contribution in [0.15, 0.2) is 48.5 Å². The second kappa shape index (κ2) is 6.10. The van der Waals surface area contributed by atoms with Gasteiger partial charge in [0.25, 0.3) is 0 Å². The van der Waals surface area contributed by atoms with Gasteiger partial charge in [0.05, 0.1) is 6.61 Å². The Labute approximate surface area is 124 Å². The largest absolute Gasteiger partial charge is 0.380 e. The maximum Gasteiger partial charge on any atom is 0.217 e. The van der Waals surface area contributed by atoms with Crippen LogP contribution >= 0.6 is 0 Å². The van der Waals surface area contributed by atoms with Gasteiger partial charge in [-0.1, -0.05) is 48.5 Å². The fourth-order valence-corrected chi connectivity index (χ4v) is 2.99. The Morgan fingerprint density at radius 1 is 1.00 bits per heavy atom. The van der Waals surface area contributed by atoms with Crippen molar-refractivity contribution in [2.45, 2.75) is 18.8 Å². The second-order valence-corrected chi connectivity index (χ2v) is 5.37. The summed E-state index contributed by atoms with van der Waals surface area (Å²) < 4.78 is 5.77. The van der Waals surface area contributed by atoms with Crippen molar-refractivity contribution in [3.05, 3.63) is 59.7 Å². The Morgan fingerprint density at radius 3 is 2.14 bits per heavy atom. The van der Waals surface area contributed by atoms with E-state index in [9.17, 15) is 4.79 Å². The number of benzene rings is 2. The first-order chi connectivity index (χ1) is 10.3. The van der Waals surface area contributed by atoms with Gasteiger partial charge in [0, 0.05) is 18.9 Å². The standard InChI is InChI=1S/C18H19NO2/c19-18(20)10-5-11-21-12-17-15-8-3-1-6-13(15)14-7-2-4-9-16(14)17/h1-4,6-9,17H,5,10-12H2,(H2,19,20). The number of ether oxygens (including phenoxy) is 1. The summed E-state index contributed by atoms with van der Waals surface area (Å²) in [6.45, 7) is 1.22. The maximum atomic E-state index is 10.7. The third kappa shape index (κ3) is 2.83. The van der Waals surface area contributed by atoms with Crippen LogP contribution in [0.5, 0.6) is 0 Å². The zero-order valence-electron chi connectivity index (χ0n) is 11.9. The summed E-state index contributed by atoms with van der Waals surface area (Å²) >= 11 is 0. The van der Waals surface area contributed by atoms with Crippen LogP contribution < -0.4 is 5.73 Å². The summed E-state index contributed by atoms with van der Waals surface area (Å²) in [7, 11) is 0. The van der Waals surface area contributed by atoms with E-state index in [-0.39, 0.29) is 11.8 Å². The molecule has 1 aliphatic carbocycles. The quantitative estimate of drug-likeness (QED) is 0.827. The SMILES string of the molecule is NC(=O)CCCOCC1c2ccccc2-c2ccccc21. The van der Waals surface area contributed by atoms with E-state index in [1.165, 1.54) is 22.3 Å². The molecule has 0 radical (unpaired) electrons. The molecule has 1 aliphatic rings. The van der Waals surface area contributed by atoms with Crippen LogP contribution in [-0.4, -0.2) is 19.1 Å². The number of primary amides is 1. The van der Waals surface area contributed by atoms with Gasteiger partial charge in [-0.05, 0) is 28.7 Å². The molecule has 0 aromatic heterocycles. The summed E-state index contributed by atoms with van der Waals surface area (Å²) in [6, 6.07) is 17.0. The number of amides is 1. The van der Waals surface area contributed by atoms with Gasteiger partial charge >= 0.3 is 0 Å². The number of hydrogen-bond acceptors (Lipinski definition) is 2. The average molecular weight is 281 g/mol. The zero-order valence-corrected chi connectivity index (χ0v) is 11.9. The van der Waals surface area contributed by atoms with Crippen molar-refractivity contribution in [1.29, 1.82) is 0 Å². The molecule has 0 saturated carbocycles. The van der Waals surface area contributed by atoms with Crippen LogP contribution in [0, 0.1) is 0 Å². The highest BCUT2D eigenvalue weighted by molar-refractivity contribution is 5.78. The zero-order chi connectivity index (χ0) is 14.7. The van der Waals surface area contributed by atoms with E-state index in [1.807, 2.05) is 0 Å². The first-order valence-corrected chi connectivity index (χ1v) is 7.31. The lowest BCUT2D eigenvalue weighted by Gasteiger charge is -2.14. The van der Waals surface area contributed by atoms with Crippen molar-refractivity contribution >= 4 is 5.91 Å². The molecule has 1 amide bonds. The molecule has 3 nitrogen and oxygen atoms in total. The van der Waals surface area contributed by atoms with E-state index < -0.39 is 0 Å². The van der Waals surface area contributed by atoms with Gasteiger partial charge in [-0.25, -0.2) is 0 Å². The second-order valence-electron chi connectivity index (χ2n) is 5.37. The van der Waals surface area contributed by atoms with E-state index in [0.29, 0.717) is 26.1 Å². The first kappa shape index (κ1) is 13.8. The number of carbonyl (C=O) groups is 1. The normalized spacial score (nSPS) is 13.0. The van der Waals surface area contributed by atoms with E-state index in [0.717, 1.165) is 0 Å². The molecule has 0 heterocycles. The van der Waals surface area contributed by atoms with Crippen LogP contribution in [-0.2, 0) is 9.53 Å². The highest BCUT2D eigenvalue weighted by Gasteiger charge is 2.27. The minimum atomic E-state index is -0.268. The maximum absolute atomic E-state index is 10.7. The smallest absolute Gasteiger partial charge is 0.217 e. The minimum absolute atomic E-state index is 0.268. The summed E-state index contributed by atoms with van der Waals surface area (Å²) in [4.78, 5) is 10.7. The number of fused-ring (bicyclic) bond motifs is 3. The van der Waals surface area contributed by atoms with Crippen LogP contribution in [0.25, 0.3) is 11.1 Å². The van der Waals surface area contributed by atoms with Crippen molar-refractivity contribution in [2.24, 2.45) is 5.73 Å². The highest BCUT2D eigenvalue weighted by atomic mass is 16.5. The molecule has 3 heteroatoms. The highest BCUT2D eigenvalue weighted by Crippen LogP contribution is 2.44. The van der Waals surface area contributed by atoms with Gasteiger partial charge in [0.1, 0.15) is 0 Å². The van der Waals surface area contributed by atoms with Crippen molar-refractivity contribution in [2.75, 3.05) is 13.2 Å². The fraction of sp³-hybridized carbons (Fsp3) is 0.278. The van der Waals surface area contributed by atoms with Gasteiger partial charge in [-0.3, -0.25) is 4.79 Å². The fourth-order valence-electron chi connectivity index (χ4n) is 2.99. The lowest BCUT2D eigenvalue weighted by atomic mass is 9.98. The number of carbonyl (C=O) groups excluding carboxylic acids is 1. The molecule has 0 bridgehead atoms.